The van der Waals surface area contributed by atoms with Gasteiger partial charge < -0.3 is 10.4 Å². The smallest absolute Gasteiger partial charge is 0.407 e. The molecule has 3 rings (SSSR count). The molecule has 0 aromatic carbocycles. The summed E-state index contributed by atoms with van der Waals surface area (Å²) in [5.74, 6) is -0.392. The molecule has 9 heteroatoms. The van der Waals surface area contributed by atoms with Crippen LogP contribution in [0.1, 0.15) is 20.3 Å². The number of carboxylic acid groups (broad SMARTS) is 1. The molecule has 1 aliphatic rings. The molecule has 1 unspecified atom stereocenters. The third-order valence-electron chi connectivity index (χ3n) is 3.30. The van der Waals surface area contributed by atoms with Crippen molar-refractivity contribution in [2.24, 2.45) is 0 Å². The van der Waals surface area contributed by atoms with Gasteiger partial charge in [0.25, 0.3) is 0 Å². The number of nitrogens with zero attached hydrogens (tertiary/aromatic N) is 3. The summed E-state index contributed by atoms with van der Waals surface area (Å²) in [6.45, 7) is 4.37. The molecule has 0 saturated carbocycles. The molecule has 1 fully saturated rings. The summed E-state index contributed by atoms with van der Waals surface area (Å²) in [5.41, 5.74) is 0.797. The van der Waals surface area contributed by atoms with Gasteiger partial charge in [0.2, 0.25) is 5.91 Å². The van der Waals surface area contributed by atoms with Gasteiger partial charge in [-0.05, 0) is 18.6 Å². The number of halogens is 1. The molecule has 2 N–H and O–H groups in total. The number of rotatable bonds is 3. The maximum Gasteiger partial charge on any atom is 0.407 e. The Morgan fingerprint density at radius 2 is 2.21 bits per heavy atom. The van der Waals surface area contributed by atoms with E-state index in [2.05, 4.69) is 15.3 Å². The van der Waals surface area contributed by atoms with Crippen molar-refractivity contribution in [1.82, 2.24) is 14.9 Å². The van der Waals surface area contributed by atoms with Crippen LogP contribution in [0.25, 0.3) is 10.6 Å². The van der Waals surface area contributed by atoms with Gasteiger partial charge in [-0.3, -0.25) is 14.7 Å². The van der Waals surface area contributed by atoms with E-state index in [1.165, 1.54) is 11.3 Å². The summed E-state index contributed by atoms with van der Waals surface area (Å²) in [4.78, 5) is 32.3. The van der Waals surface area contributed by atoms with Crippen LogP contribution in [0.4, 0.5) is 9.80 Å². The summed E-state index contributed by atoms with van der Waals surface area (Å²) >= 11 is 7.26. The predicted octanol–water partition coefficient (Wildman–Crippen LogP) is 3.58. The molecular formula is C15H17ClN4O3S. The maximum absolute atomic E-state index is 12.1. The van der Waals surface area contributed by atoms with Crippen LogP contribution in [0.2, 0.25) is 5.15 Å². The highest BCUT2D eigenvalue weighted by Crippen LogP contribution is 2.35. The van der Waals surface area contributed by atoms with Crippen LogP contribution in [-0.4, -0.2) is 44.6 Å². The average Bonchev–Trinajstić information content (AvgIpc) is 2.89. The van der Waals surface area contributed by atoms with Crippen molar-refractivity contribution in [2.45, 2.75) is 26.3 Å². The topological polar surface area (TPSA) is 95.4 Å². The SMILES string of the molecule is CC.O=C(Nc1sc(-c2cccnc2)nc1Cl)C1CCN1C(=O)O. The van der Waals surface area contributed by atoms with Crippen molar-refractivity contribution >= 4 is 39.9 Å². The number of amides is 2. The fourth-order valence-corrected chi connectivity index (χ4v) is 3.22. The van der Waals surface area contributed by atoms with Crippen LogP contribution in [0, 0.1) is 0 Å². The van der Waals surface area contributed by atoms with Gasteiger partial charge in [-0.2, -0.15) is 0 Å². The standard InChI is InChI=1S/C13H11ClN4O3S.C2H6/c14-9-12(17-10(19)8-3-5-18(8)13(20)21)22-11(16-9)7-2-1-4-15-6-7;1-2/h1-2,4,6,8H,3,5H2,(H,17,19)(H,20,21);1-2H3. The van der Waals surface area contributed by atoms with E-state index >= 15 is 0 Å². The lowest BCUT2D eigenvalue weighted by Gasteiger charge is -2.37. The molecular weight excluding hydrogens is 352 g/mol. The van der Waals surface area contributed by atoms with Crippen molar-refractivity contribution in [2.75, 3.05) is 11.9 Å². The van der Waals surface area contributed by atoms with Crippen LogP contribution in [0.3, 0.4) is 0 Å². The number of pyridine rings is 1. The first-order valence-corrected chi connectivity index (χ1v) is 8.63. The molecule has 7 nitrogen and oxygen atoms in total. The molecule has 1 saturated heterocycles. The van der Waals surface area contributed by atoms with E-state index in [1.54, 1.807) is 18.5 Å². The molecule has 2 aromatic heterocycles. The maximum atomic E-state index is 12.1. The number of carbonyl (C=O) groups excluding carboxylic acids is 1. The fourth-order valence-electron chi connectivity index (χ4n) is 2.08. The molecule has 3 heterocycles. The average molecular weight is 369 g/mol. The Hall–Kier alpha value is -2.19. The molecule has 0 spiro atoms. The molecule has 0 bridgehead atoms. The zero-order valence-electron chi connectivity index (χ0n) is 13.2. The number of thiazole rings is 1. The first kappa shape index (κ1) is 18.2. The van der Waals surface area contributed by atoms with Gasteiger partial charge in [-0.1, -0.05) is 36.8 Å². The minimum atomic E-state index is -1.10. The van der Waals surface area contributed by atoms with Crippen molar-refractivity contribution in [3.05, 3.63) is 29.7 Å². The third-order valence-corrected chi connectivity index (χ3v) is 4.70. The quantitative estimate of drug-likeness (QED) is 0.863. The van der Waals surface area contributed by atoms with Crippen LogP contribution >= 0.6 is 22.9 Å². The van der Waals surface area contributed by atoms with E-state index in [0.717, 1.165) is 10.5 Å². The first-order valence-electron chi connectivity index (χ1n) is 7.43. The van der Waals surface area contributed by atoms with Crippen molar-refractivity contribution in [1.29, 1.82) is 0 Å². The monoisotopic (exact) mass is 368 g/mol. The Morgan fingerprint density at radius 3 is 2.75 bits per heavy atom. The second-order valence-corrected chi connectivity index (χ2v) is 6.01. The molecule has 0 radical (unpaired) electrons. The number of aromatic nitrogens is 2. The molecule has 2 aromatic rings. The van der Waals surface area contributed by atoms with Crippen molar-refractivity contribution in [3.8, 4) is 10.6 Å². The number of nitrogens with one attached hydrogen (secondary N) is 1. The molecule has 128 valence electrons. The Bertz CT molecular complexity index is 723. The molecule has 0 aliphatic carbocycles. The van der Waals surface area contributed by atoms with Gasteiger partial charge in [0, 0.05) is 24.5 Å². The summed E-state index contributed by atoms with van der Waals surface area (Å²) in [6, 6.07) is 2.95. The molecule has 1 atom stereocenters. The van der Waals surface area contributed by atoms with Gasteiger partial charge in [-0.15, -0.1) is 0 Å². The number of hydrogen-bond acceptors (Lipinski definition) is 5. The second-order valence-electron chi connectivity index (χ2n) is 4.65. The Morgan fingerprint density at radius 1 is 1.46 bits per heavy atom. The summed E-state index contributed by atoms with van der Waals surface area (Å²) in [5, 5.41) is 12.8. The third kappa shape index (κ3) is 3.82. The highest BCUT2D eigenvalue weighted by Gasteiger charge is 2.38. The van der Waals surface area contributed by atoms with Gasteiger partial charge in [0.1, 0.15) is 16.1 Å². The summed E-state index contributed by atoms with van der Waals surface area (Å²) in [6.07, 6.45) is 2.71. The van der Waals surface area contributed by atoms with Crippen LogP contribution < -0.4 is 5.32 Å². The van der Waals surface area contributed by atoms with Gasteiger partial charge in [0.15, 0.2) is 5.15 Å². The van der Waals surface area contributed by atoms with Crippen molar-refractivity contribution < 1.29 is 14.7 Å². The van der Waals surface area contributed by atoms with Crippen LogP contribution in [0.15, 0.2) is 24.5 Å². The zero-order chi connectivity index (χ0) is 17.7. The fraction of sp³-hybridized carbons (Fsp3) is 0.333. The molecule has 24 heavy (non-hydrogen) atoms. The second kappa shape index (κ2) is 8.07. The van der Waals surface area contributed by atoms with Gasteiger partial charge >= 0.3 is 6.09 Å². The molecule has 1 aliphatic heterocycles. The highest BCUT2D eigenvalue weighted by molar-refractivity contribution is 7.19. The normalized spacial score (nSPS) is 15.8. The first-order chi connectivity index (χ1) is 11.6. The number of carbonyl (C=O) groups is 2. The minimum Gasteiger partial charge on any atom is -0.465 e. The van der Waals surface area contributed by atoms with Crippen LogP contribution in [-0.2, 0) is 4.79 Å². The van der Waals surface area contributed by atoms with E-state index in [-0.39, 0.29) is 5.15 Å². The Labute approximate surface area is 148 Å². The van der Waals surface area contributed by atoms with E-state index < -0.39 is 18.0 Å². The Balaban J connectivity index is 0.00000100. The van der Waals surface area contributed by atoms with Gasteiger partial charge in [-0.25, -0.2) is 9.78 Å². The van der Waals surface area contributed by atoms with E-state index in [4.69, 9.17) is 16.7 Å². The number of hydrogen-bond donors (Lipinski definition) is 2. The van der Waals surface area contributed by atoms with E-state index in [0.29, 0.717) is 23.0 Å². The summed E-state index contributed by atoms with van der Waals surface area (Å²) in [7, 11) is 0. The predicted molar refractivity (Wildman–Crippen MR) is 93.5 cm³/mol. The highest BCUT2D eigenvalue weighted by atomic mass is 35.5. The lowest BCUT2D eigenvalue weighted by atomic mass is 10.0. The lowest BCUT2D eigenvalue weighted by molar-refractivity contribution is -0.124. The Kier molecular flexibility index (Phi) is 6.10. The lowest BCUT2D eigenvalue weighted by Crippen LogP contribution is -2.56. The number of likely N-dealkylation sites (tertiary alicyclic amines) is 1. The zero-order valence-corrected chi connectivity index (χ0v) is 14.8. The minimum absolute atomic E-state index is 0.179. The van der Waals surface area contributed by atoms with E-state index in [1.807, 2.05) is 19.9 Å². The summed E-state index contributed by atoms with van der Waals surface area (Å²) < 4.78 is 0. The van der Waals surface area contributed by atoms with E-state index in [9.17, 15) is 9.59 Å². The van der Waals surface area contributed by atoms with Crippen LogP contribution in [0.5, 0.6) is 0 Å². The largest absolute Gasteiger partial charge is 0.465 e. The molecule has 2 amide bonds. The van der Waals surface area contributed by atoms with Crippen molar-refractivity contribution in [3.63, 3.8) is 0 Å². The van der Waals surface area contributed by atoms with Gasteiger partial charge in [0.05, 0.1) is 0 Å². The number of anilines is 1.